The van der Waals surface area contributed by atoms with E-state index in [1.807, 2.05) is 0 Å². The van der Waals surface area contributed by atoms with E-state index >= 15 is 0 Å². The van der Waals surface area contributed by atoms with Gasteiger partial charge in [0.1, 0.15) is 11.5 Å². The molecule has 7 nitrogen and oxygen atoms in total. The third-order valence-electron chi connectivity index (χ3n) is 4.63. The van der Waals surface area contributed by atoms with Crippen LogP contribution >= 0.6 is 0 Å². The van der Waals surface area contributed by atoms with Crippen molar-refractivity contribution in [2.75, 3.05) is 29.9 Å². The number of anilines is 2. The first-order valence-corrected chi connectivity index (χ1v) is 9.22. The van der Waals surface area contributed by atoms with Gasteiger partial charge in [-0.3, -0.25) is 4.79 Å². The molecule has 0 aliphatic carbocycles. The number of hydrogen-bond acceptors (Lipinski definition) is 6. The van der Waals surface area contributed by atoms with Crippen LogP contribution in [0.3, 0.4) is 0 Å². The van der Waals surface area contributed by atoms with Crippen molar-refractivity contribution in [2.24, 2.45) is 5.92 Å². The van der Waals surface area contributed by atoms with Crippen LogP contribution in [-0.4, -0.2) is 41.5 Å². The highest BCUT2D eigenvalue weighted by molar-refractivity contribution is 6.03. The number of ether oxygens (including phenoxy) is 1. The monoisotopic (exact) mass is 368 g/mol. The highest BCUT2D eigenvalue weighted by Crippen LogP contribution is 2.20. The number of rotatable bonds is 5. The fourth-order valence-electron chi connectivity index (χ4n) is 2.94. The Labute approximate surface area is 158 Å². The number of hydrogen-bond donors (Lipinski definition) is 1. The Hall–Kier alpha value is -2.96. The number of benzene rings is 1. The Morgan fingerprint density at radius 3 is 2.44 bits per heavy atom. The standard InChI is InChI=1S/C20H24N4O3/c1-3-27-20(26)15-4-6-16(7-5-15)23-19(25)17-12-22-18(13-21-17)24-10-8-14(2)9-11-24/h4-7,12-14H,3,8-11H2,1-2H3,(H,23,25). The molecule has 1 amide bonds. The molecule has 1 aliphatic rings. The first-order chi connectivity index (χ1) is 13.1. The molecule has 27 heavy (non-hydrogen) atoms. The summed E-state index contributed by atoms with van der Waals surface area (Å²) in [6, 6.07) is 6.53. The van der Waals surface area contributed by atoms with Crippen LogP contribution in [0, 0.1) is 5.92 Å². The SMILES string of the molecule is CCOC(=O)c1ccc(NC(=O)c2cnc(N3CCC(C)CC3)cn2)cc1. The maximum atomic E-state index is 12.3. The molecule has 0 unspecified atom stereocenters. The highest BCUT2D eigenvalue weighted by atomic mass is 16.5. The fraction of sp³-hybridized carbons (Fsp3) is 0.400. The molecule has 1 aliphatic heterocycles. The lowest BCUT2D eigenvalue weighted by molar-refractivity contribution is 0.0526. The van der Waals surface area contributed by atoms with Crippen molar-refractivity contribution in [1.82, 2.24) is 9.97 Å². The van der Waals surface area contributed by atoms with Crippen molar-refractivity contribution in [2.45, 2.75) is 26.7 Å². The van der Waals surface area contributed by atoms with E-state index in [1.54, 1.807) is 37.4 Å². The molecule has 2 aromatic rings. The number of amides is 1. The maximum absolute atomic E-state index is 12.3. The first kappa shape index (κ1) is 18.8. The van der Waals surface area contributed by atoms with E-state index in [4.69, 9.17) is 4.74 Å². The summed E-state index contributed by atoms with van der Waals surface area (Å²) in [7, 11) is 0. The molecule has 1 aromatic carbocycles. The second-order valence-electron chi connectivity index (χ2n) is 6.68. The second kappa shape index (κ2) is 8.62. The molecule has 142 valence electrons. The zero-order valence-corrected chi connectivity index (χ0v) is 15.6. The molecule has 1 N–H and O–H groups in total. The summed E-state index contributed by atoms with van der Waals surface area (Å²) in [4.78, 5) is 34.8. The van der Waals surface area contributed by atoms with Gasteiger partial charge in [0.15, 0.2) is 0 Å². The quantitative estimate of drug-likeness (QED) is 0.816. The van der Waals surface area contributed by atoms with Crippen LogP contribution in [0.2, 0.25) is 0 Å². The van der Waals surface area contributed by atoms with Crippen LogP contribution in [-0.2, 0) is 4.74 Å². The lowest BCUT2D eigenvalue weighted by Gasteiger charge is -2.30. The molecule has 1 fully saturated rings. The Bertz CT molecular complexity index is 782. The molecule has 1 saturated heterocycles. The average Bonchev–Trinajstić information content (AvgIpc) is 2.69. The molecule has 0 atom stereocenters. The highest BCUT2D eigenvalue weighted by Gasteiger charge is 2.18. The molecule has 0 spiro atoms. The van der Waals surface area contributed by atoms with Crippen molar-refractivity contribution >= 4 is 23.4 Å². The van der Waals surface area contributed by atoms with Gasteiger partial charge in [-0.25, -0.2) is 14.8 Å². The van der Waals surface area contributed by atoms with E-state index < -0.39 is 0 Å². The Morgan fingerprint density at radius 2 is 1.85 bits per heavy atom. The van der Waals surface area contributed by atoms with Gasteiger partial charge in [-0.2, -0.15) is 0 Å². The number of piperidine rings is 1. The zero-order chi connectivity index (χ0) is 19.2. The second-order valence-corrected chi connectivity index (χ2v) is 6.68. The van der Waals surface area contributed by atoms with E-state index in [2.05, 4.69) is 27.1 Å². The van der Waals surface area contributed by atoms with Crippen molar-refractivity contribution in [3.05, 3.63) is 47.9 Å². The van der Waals surface area contributed by atoms with Crippen LogP contribution in [0.15, 0.2) is 36.7 Å². The lowest BCUT2D eigenvalue weighted by atomic mass is 9.99. The predicted molar refractivity (Wildman–Crippen MR) is 103 cm³/mol. The summed E-state index contributed by atoms with van der Waals surface area (Å²) < 4.78 is 4.94. The lowest BCUT2D eigenvalue weighted by Crippen LogP contribution is -2.33. The van der Waals surface area contributed by atoms with Crippen LogP contribution < -0.4 is 10.2 Å². The number of esters is 1. The predicted octanol–water partition coefficient (Wildman–Crippen LogP) is 3.14. The van der Waals surface area contributed by atoms with Crippen molar-refractivity contribution in [3.63, 3.8) is 0 Å². The molecular formula is C20H24N4O3. The minimum Gasteiger partial charge on any atom is -0.462 e. The molecule has 1 aromatic heterocycles. The largest absolute Gasteiger partial charge is 0.462 e. The van der Waals surface area contributed by atoms with Crippen LogP contribution in [0.25, 0.3) is 0 Å². The van der Waals surface area contributed by atoms with Gasteiger partial charge in [0, 0.05) is 18.8 Å². The third kappa shape index (κ3) is 4.81. The van der Waals surface area contributed by atoms with Gasteiger partial charge in [0.2, 0.25) is 0 Å². The average molecular weight is 368 g/mol. The van der Waals surface area contributed by atoms with E-state index in [1.165, 1.54) is 6.20 Å². The number of carbonyl (C=O) groups excluding carboxylic acids is 2. The van der Waals surface area contributed by atoms with Crippen LogP contribution in [0.5, 0.6) is 0 Å². The van der Waals surface area contributed by atoms with E-state index in [0.717, 1.165) is 37.7 Å². The van der Waals surface area contributed by atoms with Gasteiger partial charge in [-0.05, 0) is 49.9 Å². The molecule has 0 saturated carbocycles. The van der Waals surface area contributed by atoms with Crippen molar-refractivity contribution in [1.29, 1.82) is 0 Å². The number of carbonyl (C=O) groups is 2. The van der Waals surface area contributed by atoms with Gasteiger partial charge in [0.25, 0.3) is 5.91 Å². The van der Waals surface area contributed by atoms with Gasteiger partial charge < -0.3 is 15.0 Å². The zero-order valence-electron chi connectivity index (χ0n) is 15.6. The minimum absolute atomic E-state index is 0.249. The summed E-state index contributed by atoms with van der Waals surface area (Å²) in [6.45, 7) is 6.27. The third-order valence-corrected chi connectivity index (χ3v) is 4.63. The Morgan fingerprint density at radius 1 is 1.15 bits per heavy atom. The normalized spacial score (nSPS) is 14.7. The number of aromatic nitrogens is 2. The Kier molecular flexibility index (Phi) is 6.01. The summed E-state index contributed by atoms with van der Waals surface area (Å²) >= 11 is 0. The van der Waals surface area contributed by atoms with Gasteiger partial charge in [-0.15, -0.1) is 0 Å². The molecular weight excluding hydrogens is 344 g/mol. The summed E-state index contributed by atoms with van der Waals surface area (Å²) in [6.07, 6.45) is 5.43. The van der Waals surface area contributed by atoms with Gasteiger partial charge in [0.05, 0.1) is 24.6 Å². The minimum atomic E-state index is -0.385. The Balaban J connectivity index is 1.60. The molecule has 3 rings (SSSR count). The number of nitrogens with one attached hydrogen (secondary N) is 1. The summed E-state index contributed by atoms with van der Waals surface area (Å²) in [5.41, 5.74) is 1.26. The maximum Gasteiger partial charge on any atom is 0.338 e. The van der Waals surface area contributed by atoms with Crippen LogP contribution in [0.1, 0.15) is 47.5 Å². The smallest absolute Gasteiger partial charge is 0.338 e. The van der Waals surface area contributed by atoms with Crippen molar-refractivity contribution in [3.8, 4) is 0 Å². The van der Waals surface area contributed by atoms with Crippen LogP contribution in [0.4, 0.5) is 11.5 Å². The van der Waals surface area contributed by atoms with E-state index in [9.17, 15) is 9.59 Å². The fourth-order valence-corrected chi connectivity index (χ4v) is 2.94. The topological polar surface area (TPSA) is 84.4 Å². The first-order valence-electron chi connectivity index (χ1n) is 9.22. The van der Waals surface area contributed by atoms with Gasteiger partial charge in [-0.1, -0.05) is 6.92 Å². The van der Waals surface area contributed by atoms with E-state index in [-0.39, 0.29) is 17.6 Å². The molecule has 2 heterocycles. The molecule has 7 heteroatoms. The number of nitrogens with zero attached hydrogens (tertiary/aromatic N) is 3. The van der Waals surface area contributed by atoms with E-state index in [0.29, 0.717) is 17.9 Å². The summed E-state index contributed by atoms with van der Waals surface area (Å²) in [5, 5.41) is 2.75. The van der Waals surface area contributed by atoms with Crippen molar-refractivity contribution < 1.29 is 14.3 Å². The van der Waals surface area contributed by atoms with Gasteiger partial charge >= 0.3 is 5.97 Å². The molecule has 0 radical (unpaired) electrons. The molecule has 0 bridgehead atoms. The summed E-state index contributed by atoms with van der Waals surface area (Å²) in [5.74, 6) is 0.820.